The standard InChI is InChI=1S/C19H20FN5O/c20-16-4-1-14(2-5-16)11-24-9-7-17(8-10-24)22-19(26)15-3-6-18-23-21-13-25(18)12-15/h1-6,12-13,17H,7-11H2,(H,22,26). The zero-order valence-electron chi connectivity index (χ0n) is 14.3. The topological polar surface area (TPSA) is 62.5 Å². The summed E-state index contributed by atoms with van der Waals surface area (Å²) in [6, 6.07) is 10.4. The van der Waals surface area contributed by atoms with Crippen molar-refractivity contribution in [3.05, 3.63) is 65.9 Å². The van der Waals surface area contributed by atoms with Gasteiger partial charge in [-0.25, -0.2) is 4.39 Å². The van der Waals surface area contributed by atoms with E-state index in [1.165, 1.54) is 12.1 Å². The Bertz CT molecular complexity index is 900. The first-order chi connectivity index (χ1) is 12.7. The minimum atomic E-state index is -0.208. The fourth-order valence-corrected chi connectivity index (χ4v) is 3.31. The van der Waals surface area contributed by atoms with Crippen molar-refractivity contribution in [1.82, 2.24) is 24.8 Å². The summed E-state index contributed by atoms with van der Waals surface area (Å²) in [7, 11) is 0. The van der Waals surface area contributed by atoms with E-state index in [-0.39, 0.29) is 17.8 Å². The van der Waals surface area contributed by atoms with Crippen LogP contribution < -0.4 is 5.32 Å². The number of fused-ring (bicyclic) bond motifs is 1. The van der Waals surface area contributed by atoms with Gasteiger partial charge in [0.1, 0.15) is 12.1 Å². The third kappa shape index (κ3) is 3.72. The molecular formula is C19H20FN5O. The highest BCUT2D eigenvalue weighted by molar-refractivity contribution is 5.94. The molecule has 0 bridgehead atoms. The Balaban J connectivity index is 1.30. The van der Waals surface area contributed by atoms with Crippen LogP contribution >= 0.6 is 0 Å². The maximum atomic E-state index is 13.0. The first-order valence-electron chi connectivity index (χ1n) is 8.74. The molecule has 6 nitrogen and oxygen atoms in total. The minimum Gasteiger partial charge on any atom is -0.349 e. The predicted octanol–water partition coefficient (Wildman–Crippen LogP) is 2.26. The second kappa shape index (κ2) is 7.21. The van der Waals surface area contributed by atoms with Crippen molar-refractivity contribution in [3.63, 3.8) is 0 Å². The van der Waals surface area contributed by atoms with Crippen LogP contribution in [0.5, 0.6) is 0 Å². The lowest BCUT2D eigenvalue weighted by molar-refractivity contribution is 0.0908. The van der Waals surface area contributed by atoms with Crippen LogP contribution in [0.25, 0.3) is 5.65 Å². The molecule has 0 spiro atoms. The number of amides is 1. The first-order valence-corrected chi connectivity index (χ1v) is 8.74. The molecule has 0 saturated carbocycles. The highest BCUT2D eigenvalue weighted by Gasteiger charge is 2.21. The number of hydrogen-bond donors (Lipinski definition) is 1. The Morgan fingerprint density at radius 1 is 1.15 bits per heavy atom. The Hall–Kier alpha value is -2.80. The maximum Gasteiger partial charge on any atom is 0.252 e. The van der Waals surface area contributed by atoms with E-state index < -0.39 is 0 Å². The predicted molar refractivity (Wildman–Crippen MR) is 95.2 cm³/mol. The van der Waals surface area contributed by atoms with Crippen LogP contribution in [0.2, 0.25) is 0 Å². The number of likely N-dealkylation sites (tertiary alicyclic amines) is 1. The van der Waals surface area contributed by atoms with Crippen LogP contribution in [0.15, 0.2) is 48.9 Å². The molecule has 1 aliphatic rings. The molecule has 1 fully saturated rings. The van der Waals surface area contributed by atoms with Crippen LogP contribution in [-0.4, -0.2) is 44.5 Å². The third-order valence-corrected chi connectivity index (χ3v) is 4.80. The molecule has 0 radical (unpaired) electrons. The summed E-state index contributed by atoms with van der Waals surface area (Å²) in [5.41, 5.74) is 2.43. The summed E-state index contributed by atoms with van der Waals surface area (Å²) in [5, 5.41) is 10.9. The lowest BCUT2D eigenvalue weighted by Gasteiger charge is -2.32. The van der Waals surface area contributed by atoms with Gasteiger partial charge in [-0.1, -0.05) is 12.1 Å². The molecule has 1 amide bonds. The molecule has 1 aliphatic heterocycles. The van der Waals surface area contributed by atoms with Crippen LogP contribution in [0, 0.1) is 5.82 Å². The molecule has 134 valence electrons. The van der Waals surface area contributed by atoms with Crippen LogP contribution in [-0.2, 0) is 6.54 Å². The number of carbonyl (C=O) groups is 1. The molecule has 1 N–H and O–H groups in total. The second-order valence-electron chi connectivity index (χ2n) is 6.66. The summed E-state index contributed by atoms with van der Waals surface area (Å²) in [4.78, 5) is 14.8. The van der Waals surface area contributed by atoms with Gasteiger partial charge in [-0.2, -0.15) is 0 Å². The molecule has 0 aliphatic carbocycles. The van der Waals surface area contributed by atoms with Crippen LogP contribution in [0.3, 0.4) is 0 Å². The van der Waals surface area contributed by atoms with Crippen molar-refractivity contribution in [2.45, 2.75) is 25.4 Å². The number of benzene rings is 1. The van der Waals surface area contributed by atoms with E-state index in [1.807, 2.05) is 12.1 Å². The quantitative estimate of drug-likeness (QED) is 0.782. The lowest BCUT2D eigenvalue weighted by atomic mass is 10.0. The third-order valence-electron chi connectivity index (χ3n) is 4.80. The molecule has 3 aromatic rings. The number of nitrogens with zero attached hydrogens (tertiary/aromatic N) is 4. The maximum absolute atomic E-state index is 13.0. The van der Waals surface area contributed by atoms with Gasteiger partial charge in [0.15, 0.2) is 5.65 Å². The minimum absolute atomic E-state index is 0.0717. The molecule has 1 saturated heterocycles. The van der Waals surface area contributed by atoms with Gasteiger partial charge in [-0.05, 0) is 42.7 Å². The number of carbonyl (C=O) groups excluding carboxylic acids is 1. The van der Waals surface area contributed by atoms with E-state index in [2.05, 4.69) is 20.4 Å². The number of piperidine rings is 1. The van der Waals surface area contributed by atoms with Crippen molar-refractivity contribution < 1.29 is 9.18 Å². The number of nitrogens with one attached hydrogen (secondary N) is 1. The van der Waals surface area contributed by atoms with Gasteiger partial charge in [0.2, 0.25) is 0 Å². The summed E-state index contributed by atoms with van der Waals surface area (Å²) in [6.07, 6.45) is 5.14. The smallest absolute Gasteiger partial charge is 0.252 e. The molecule has 4 rings (SSSR count). The average molecular weight is 353 g/mol. The fraction of sp³-hybridized carbons (Fsp3) is 0.316. The van der Waals surface area contributed by atoms with Gasteiger partial charge >= 0.3 is 0 Å². The monoisotopic (exact) mass is 353 g/mol. The van der Waals surface area contributed by atoms with E-state index in [4.69, 9.17) is 0 Å². The molecule has 7 heteroatoms. The summed E-state index contributed by atoms with van der Waals surface area (Å²) >= 11 is 0. The molecule has 3 heterocycles. The van der Waals surface area contributed by atoms with Gasteiger partial charge in [-0.3, -0.25) is 14.1 Å². The molecular weight excluding hydrogens is 333 g/mol. The summed E-state index contributed by atoms with van der Waals surface area (Å²) < 4.78 is 14.7. The van der Waals surface area contributed by atoms with Crippen LogP contribution in [0.1, 0.15) is 28.8 Å². The number of hydrogen-bond acceptors (Lipinski definition) is 4. The van der Waals surface area contributed by atoms with E-state index in [0.29, 0.717) is 5.56 Å². The fourth-order valence-electron chi connectivity index (χ4n) is 3.31. The normalized spacial score (nSPS) is 16.0. The first kappa shape index (κ1) is 16.7. The van der Waals surface area contributed by atoms with Crippen molar-refractivity contribution in [2.24, 2.45) is 0 Å². The Morgan fingerprint density at radius 2 is 1.92 bits per heavy atom. The lowest BCUT2D eigenvalue weighted by Crippen LogP contribution is -2.44. The molecule has 0 unspecified atom stereocenters. The van der Waals surface area contributed by atoms with Crippen molar-refractivity contribution in [3.8, 4) is 0 Å². The van der Waals surface area contributed by atoms with E-state index in [9.17, 15) is 9.18 Å². The number of halogens is 1. The number of pyridine rings is 1. The van der Waals surface area contributed by atoms with Crippen molar-refractivity contribution in [2.75, 3.05) is 13.1 Å². The van der Waals surface area contributed by atoms with Gasteiger partial charge < -0.3 is 5.32 Å². The second-order valence-corrected chi connectivity index (χ2v) is 6.66. The van der Waals surface area contributed by atoms with Crippen LogP contribution in [0.4, 0.5) is 4.39 Å². The van der Waals surface area contributed by atoms with Crippen molar-refractivity contribution in [1.29, 1.82) is 0 Å². The highest BCUT2D eigenvalue weighted by Crippen LogP contribution is 2.15. The zero-order valence-corrected chi connectivity index (χ0v) is 14.3. The molecule has 0 atom stereocenters. The Morgan fingerprint density at radius 3 is 2.69 bits per heavy atom. The SMILES string of the molecule is O=C(NC1CCN(Cc2ccc(F)cc2)CC1)c1ccc2nncn2c1. The van der Waals surface area contributed by atoms with E-state index in [0.717, 1.165) is 43.7 Å². The zero-order chi connectivity index (χ0) is 17.9. The molecule has 2 aromatic heterocycles. The Labute approximate surface area is 150 Å². The van der Waals surface area contributed by atoms with Gasteiger partial charge in [0.25, 0.3) is 5.91 Å². The molecule has 26 heavy (non-hydrogen) atoms. The highest BCUT2D eigenvalue weighted by atomic mass is 19.1. The summed E-state index contributed by atoms with van der Waals surface area (Å²) in [5.74, 6) is -0.280. The average Bonchev–Trinajstić information content (AvgIpc) is 3.13. The number of rotatable bonds is 4. The van der Waals surface area contributed by atoms with Gasteiger partial charge in [0.05, 0.1) is 5.56 Å². The largest absolute Gasteiger partial charge is 0.349 e. The molecule has 1 aromatic carbocycles. The van der Waals surface area contributed by atoms with Gasteiger partial charge in [-0.15, -0.1) is 10.2 Å². The Kier molecular flexibility index (Phi) is 4.62. The summed E-state index contributed by atoms with van der Waals surface area (Å²) in [6.45, 7) is 2.63. The number of aromatic nitrogens is 3. The van der Waals surface area contributed by atoms with E-state index in [1.54, 1.807) is 29.1 Å². The van der Waals surface area contributed by atoms with E-state index >= 15 is 0 Å². The van der Waals surface area contributed by atoms with Crippen molar-refractivity contribution >= 4 is 11.6 Å². The van der Waals surface area contributed by atoms with Gasteiger partial charge in [0, 0.05) is 31.9 Å².